The molecule has 0 saturated heterocycles. The van der Waals surface area contributed by atoms with Crippen LogP contribution in [0.2, 0.25) is 0 Å². The minimum absolute atomic E-state index is 0.478. The van der Waals surface area contributed by atoms with Crippen molar-refractivity contribution in [3.05, 3.63) is 36.1 Å². The van der Waals surface area contributed by atoms with Crippen LogP contribution in [0, 0.1) is 0 Å². The maximum absolute atomic E-state index is 11.8. The van der Waals surface area contributed by atoms with Gasteiger partial charge in [0, 0.05) is 5.39 Å². The maximum atomic E-state index is 11.8. The standard InChI is InChI=1S/C14H16N4O4/c1-7(10-6-8-4-2-3-5-9(8)22-10)17-14(21)18-11(12(15)19)13(16)20/h2-7,11H,1H3,(H2,15,19)(H2,16,20)(H2,17,18,21). The second-order valence-electron chi connectivity index (χ2n) is 4.76. The van der Waals surface area contributed by atoms with E-state index in [4.69, 9.17) is 15.9 Å². The topological polar surface area (TPSA) is 140 Å². The van der Waals surface area contributed by atoms with E-state index in [1.807, 2.05) is 24.3 Å². The van der Waals surface area contributed by atoms with Crippen LogP contribution in [0.4, 0.5) is 4.79 Å². The first kappa shape index (κ1) is 15.4. The third-order valence-electron chi connectivity index (χ3n) is 3.06. The summed E-state index contributed by atoms with van der Waals surface area (Å²) in [6.45, 7) is 1.70. The first-order valence-electron chi connectivity index (χ1n) is 6.52. The SMILES string of the molecule is CC(NC(=O)NC(C(N)=O)C(N)=O)c1cc2ccccc2o1. The Hall–Kier alpha value is -3.03. The molecule has 0 spiro atoms. The molecule has 8 heteroatoms. The summed E-state index contributed by atoms with van der Waals surface area (Å²) in [6, 6.07) is 6.39. The summed E-state index contributed by atoms with van der Waals surface area (Å²) in [6.07, 6.45) is 0. The van der Waals surface area contributed by atoms with Gasteiger partial charge in [0.05, 0.1) is 6.04 Å². The van der Waals surface area contributed by atoms with Crippen LogP contribution in [0.3, 0.4) is 0 Å². The zero-order valence-electron chi connectivity index (χ0n) is 11.8. The van der Waals surface area contributed by atoms with Crippen molar-refractivity contribution in [3.63, 3.8) is 0 Å². The monoisotopic (exact) mass is 304 g/mol. The minimum atomic E-state index is -1.57. The fourth-order valence-electron chi connectivity index (χ4n) is 1.94. The van der Waals surface area contributed by atoms with Crippen LogP contribution in [0.25, 0.3) is 11.0 Å². The van der Waals surface area contributed by atoms with Gasteiger partial charge in [-0.1, -0.05) is 18.2 Å². The Morgan fingerprint density at radius 2 is 1.73 bits per heavy atom. The molecule has 6 N–H and O–H groups in total. The Kier molecular flexibility index (Phi) is 4.31. The highest BCUT2D eigenvalue weighted by Gasteiger charge is 2.24. The van der Waals surface area contributed by atoms with Crippen LogP contribution in [-0.2, 0) is 9.59 Å². The number of hydrogen-bond donors (Lipinski definition) is 4. The van der Waals surface area contributed by atoms with E-state index in [2.05, 4.69) is 10.6 Å². The molecule has 1 unspecified atom stereocenters. The number of hydrogen-bond acceptors (Lipinski definition) is 4. The van der Waals surface area contributed by atoms with Crippen LogP contribution in [-0.4, -0.2) is 23.9 Å². The molecule has 22 heavy (non-hydrogen) atoms. The second kappa shape index (κ2) is 6.17. The van der Waals surface area contributed by atoms with Gasteiger partial charge in [0.1, 0.15) is 11.3 Å². The van der Waals surface area contributed by atoms with Crippen LogP contribution in [0.1, 0.15) is 18.7 Å². The lowest BCUT2D eigenvalue weighted by Gasteiger charge is -2.15. The fourth-order valence-corrected chi connectivity index (χ4v) is 1.94. The van der Waals surface area contributed by atoms with E-state index in [-0.39, 0.29) is 0 Å². The normalized spacial score (nSPS) is 12.1. The highest BCUT2D eigenvalue weighted by atomic mass is 16.3. The number of amides is 4. The Labute approximate surface area is 125 Å². The van der Waals surface area contributed by atoms with Crippen molar-refractivity contribution >= 4 is 28.8 Å². The summed E-state index contributed by atoms with van der Waals surface area (Å²) in [7, 11) is 0. The molecule has 1 atom stereocenters. The summed E-state index contributed by atoms with van der Waals surface area (Å²) in [5.74, 6) is -1.52. The van der Waals surface area contributed by atoms with Crippen LogP contribution >= 0.6 is 0 Å². The van der Waals surface area contributed by atoms with Crippen LogP contribution in [0.15, 0.2) is 34.7 Å². The largest absolute Gasteiger partial charge is 0.459 e. The number of furan rings is 1. The van der Waals surface area contributed by atoms with Crippen molar-refractivity contribution in [2.24, 2.45) is 11.5 Å². The van der Waals surface area contributed by atoms with Gasteiger partial charge in [0.25, 0.3) is 0 Å². The van der Waals surface area contributed by atoms with Gasteiger partial charge < -0.3 is 26.5 Å². The first-order valence-corrected chi connectivity index (χ1v) is 6.52. The molecule has 0 saturated carbocycles. The van der Waals surface area contributed by atoms with E-state index >= 15 is 0 Å². The van der Waals surface area contributed by atoms with Crippen LogP contribution in [0.5, 0.6) is 0 Å². The molecule has 2 rings (SSSR count). The minimum Gasteiger partial charge on any atom is -0.459 e. The molecule has 1 aromatic carbocycles. The van der Waals surface area contributed by atoms with E-state index in [0.717, 1.165) is 5.39 Å². The van der Waals surface area contributed by atoms with E-state index in [1.54, 1.807) is 13.0 Å². The molecule has 1 aromatic heterocycles. The zero-order chi connectivity index (χ0) is 16.3. The number of carbonyl (C=O) groups is 3. The van der Waals surface area contributed by atoms with Crippen molar-refractivity contribution in [1.82, 2.24) is 10.6 Å². The van der Waals surface area contributed by atoms with Gasteiger partial charge in [0.2, 0.25) is 11.8 Å². The van der Waals surface area contributed by atoms with Crippen molar-refractivity contribution < 1.29 is 18.8 Å². The number of carbonyl (C=O) groups excluding carboxylic acids is 3. The Bertz CT molecular complexity index is 677. The number of para-hydroxylation sites is 1. The molecular formula is C14H16N4O4. The molecule has 0 fully saturated rings. The second-order valence-corrected chi connectivity index (χ2v) is 4.76. The molecule has 4 amide bonds. The number of primary amides is 2. The average molecular weight is 304 g/mol. The summed E-state index contributed by atoms with van der Waals surface area (Å²) in [5, 5.41) is 5.55. The molecule has 0 bridgehead atoms. The molecule has 8 nitrogen and oxygen atoms in total. The molecule has 116 valence electrons. The van der Waals surface area contributed by atoms with Gasteiger partial charge in [0.15, 0.2) is 6.04 Å². The number of nitrogens with one attached hydrogen (secondary N) is 2. The summed E-state index contributed by atoms with van der Waals surface area (Å²) >= 11 is 0. The fraction of sp³-hybridized carbons (Fsp3) is 0.214. The quantitative estimate of drug-likeness (QED) is 0.583. The van der Waals surface area contributed by atoms with Crippen molar-refractivity contribution in [2.75, 3.05) is 0 Å². The molecule has 0 aliphatic rings. The Balaban J connectivity index is 2.04. The molecule has 2 aromatic rings. The smallest absolute Gasteiger partial charge is 0.316 e. The predicted molar refractivity (Wildman–Crippen MR) is 78.5 cm³/mol. The van der Waals surface area contributed by atoms with E-state index in [0.29, 0.717) is 11.3 Å². The zero-order valence-corrected chi connectivity index (χ0v) is 11.8. The van der Waals surface area contributed by atoms with E-state index < -0.39 is 29.9 Å². The number of rotatable bonds is 5. The third kappa shape index (κ3) is 3.35. The maximum Gasteiger partial charge on any atom is 0.316 e. The molecular weight excluding hydrogens is 288 g/mol. The lowest BCUT2D eigenvalue weighted by atomic mass is 10.2. The molecule has 0 aliphatic heterocycles. The van der Waals surface area contributed by atoms with Gasteiger partial charge in [-0.15, -0.1) is 0 Å². The van der Waals surface area contributed by atoms with Crippen LogP contribution < -0.4 is 22.1 Å². The van der Waals surface area contributed by atoms with E-state index in [1.165, 1.54) is 0 Å². The Morgan fingerprint density at radius 3 is 2.32 bits per heavy atom. The Morgan fingerprint density at radius 1 is 1.09 bits per heavy atom. The summed E-state index contributed by atoms with van der Waals surface area (Å²) < 4.78 is 5.60. The van der Waals surface area contributed by atoms with Crippen molar-refractivity contribution in [3.8, 4) is 0 Å². The average Bonchev–Trinajstić information content (AvgIpc) is 2.88. The third-order valence-corrected chi connectivity index (χ3v) is 3.06. The van der Waals surface area contributed by atoms with Gasteiger partial charge in [-0.05, 0) is 19.1 Å². The number of fused-ring (bicyclic) bond motifs is 1. The van der Waals surface area contributed by atoms with E-state index in [9.17, 15) is 14.4 Å². The highest BCUT2D eigenvalue weighted by Crippen LogP contribution is 2.23. The number of benzene rings is 1. The summed E-state index contributed by atoms with van der Waals surface area (Å²) in [4.78, 5) is 33.8. The van der Waals surface area contributed by atoms with Gasteiger partial charge in [-0.2, -0.15) is 0 Å². The van der Waals surface area contributed by atoms with Gasteiger partial charge in [-0.25, -0.2) is 4.79 Å². The van der Waals surface area contributed by atoms with Crippen molar-refractivity contribution in [2.45, 2.75) is 19.0 Å². The van der Waals surface area contributed by atoms with Gasteiger partial charge in [-0.3, -0.25) is 9.59 Å². The predicted octanol–water partition coefficient (Wildman–Crippen LogP) is 0.132. The lowest BCUT2D eigenvalue weighted by Crippen LogP contribution is -2.55. The lowest BCUT2D eigenvalue weighted by molar-refractivity contribution is -0.128. The molecule has 0 aliphatic carbocycles. The number of nitrogens with two attached hydrogens (primary N) is 2. The molecule has 1 heterocycles. The highest BCUT2D eigenvalue weighted by molar-refractivity contribution is 6.05. The molecule has 0 radical (unpaired) electrons. The van der Waals surface area contributed by atoms with Crippen molar-refractivity contribution in [1.29, 1.82) is 0 Å². The number of urea groups is 1. The summed E-state index contributed by atoms with van der Waals surface area (Å²) in [5.41, 5.74) is 10.6. The van der Waals surface area contributed by atoms with Gasteiger partial charge >= 0.3 is 6.03 Å². The first-order chi connectivity index (χ1) is 10.4.